The highest BCUT2D eigenvalue weighted by Crippen LogP contribution is 2.26. The van der Waals surface area contributed by atoms with E-state index >= 15 is 0 Å². The smallest absolute Gasteiger partial charge is 0.337 e. The average molecular weight is 383 g/mol. The fourth-order valence-corrected chi connectivity index (χ4v) is 3.27. The van der Waals surface area contributed by atoms with Gasteiger partial charge in [0.1, 0.15) is 5.75 Å². The molecular formula is C21H25N3O4. The van der Waals surface area contributed by atoms with Crippen molar-refractivity contribution >= 4 is 28.9 Å². The number of ether oxygens (including phenoxy) is 1. The Morgan fingerprint density at radius 3 is 2.11 bits per heavy atom. The van der Waals surface area contributed by atoms with Crippen molar-refractivity contribution in [2.75, 3.05) is 48.4 Å². The molecule has 0 saturated carbocycles. The van der Waals surface area contributed by atoms with Gasteiger partial charge in [-0.3, -0.25) is 4.79 Å². The fourth-order valence-electron chi connectivity index (χ4n) is 3.27. The number of anilines is 3. The second-order valence-corrected chi connectivity index (χ2v) is 6.61. The van der Waals surface area contributed by atoms with Crippen LogP contribution in [0.15, 0.2) is 42.5 Å². The van der Waals surface area contributed by atoms with E-state index in [4.69, 9.17) is 4.74 Å². The molecule has 1 amide bonds. The van der Waals surface area contributed by atoms with Gasteiger partial charge in [0.2, 0.25) is 5.91 Å². The lowest BCUT2D eigenvalue weighted by atomic mass is 10.1. The number of hydrogen-bond acceptors (Lipinski definition) is 5. The Hall–Kier alpha value is -3.22. The lowest BCUT2D eigenvalue weighted by Crippen LogP contribution is -2.46. The highest BCUT2D eigenvalue weighted by atomic mass is 16.5. The Morgan fingerprint density at radius 2 is 1.57 bits per heavy atom. The van der Waals surface area contributed by atoms with Gasteiger partial charge in [0.25, 0.3) is 0 Å². The molecular weight excluding hydrogens is 358 g/mol. The molecule has 0 aromatic heterocycles. The van der Waals surface area contributed by atoms with Crippen LogP contribution in [0.3, 0.4) is 0 Å². The molecule has 1 aliphatic rings. The summed E-state index contributed by atoms with van der Waals surface area (Å²) in [6, 6.07) is 13.2. The second kappa shape index (κ2) is 8.65. The first kappa shape index (κ1) is 19.5. The van der Waals surface area contributed by atoms with Gasteiger partial charge in [-0.1, -0.05) is 6.92 Å². The number of aromatic carboxylic acids is 1. The third kappa shape index (κ3) is 4.36. The molecule has 1 saturated heterocycles. The SMILES string of the molecule is CCC(=O)Nc1ccc(N2CCN(c3ccc(OC)cc3)CC2)cc1C(=O)O. The highest BCUT2D eigenvalue weighted by molar-refractivity contribution is 6.01. The predicted octanol–water partition coefficient (Wildman–Crippen LogP) is 3.07. The van der Waals surface area contributed by atoms with E-state index in [9.17, 15) is 14.7 Å². The summed E-state index contributed by atoms with van der Waals surface area (Å²) in [5, 5.41) is 12.2. The Morgan fingerprint density at radius 1 is 1.00 bits per heavy atom. The first-order valence-electron chi connectivity index (χ1n) is 9.33. The van der Waals surface area contributed by atoms with Crippen LogP contribution in [0.2, 0.25) is 0 Å². The Labute approximate surface area is 164 Å². The van der Waals surface area contributed by atoms with Crippen molar-refractivity contribution in [3.8, 4) is 5.75 Å². The van der Waals surface area contributed by atoms with E-state index < -0.39 is 5.97 Å². The molecule has 28 heavy (non-hydrogen) atoms. The molecule has 0 aliphatic carbocycles. The molecule has 0 bridgehead atoms. The summed E-state index contributed by atoms with van der Waals surface area (Å²) in [5.74, 6) is -0.424. The number of carboxylic acids is 1. The second-order valence-electron chi connectivity index (χ2n) is 6.61. The van der Waals surface area contributed by atoms with Crippen molar-refractivity contribution in [2.24, 2.45) is 0 Å². The van der Waals surface area contributed by atoms with Gasteiger partial charge in [0, 0.05) is 44.0 Å². The van der Waals surface area contributed by atoms with Crippen molar-refractivity contribution in [3.05, 3.63) is 48.0 Å². The van der Waals surface area contributed by atoms with E-state index in [0.717, 1.165) is 43.3 Å². The molecule has 1 aliphatic heterocycles. The largest absolute Gasteiger partial charge is 0.497 e. The number of benzene rings is 2. The predicted molar refractivity (Wildman–Crippen MR) is 110 cm³/mol. The molecule has 7 nitrogen and oxygen atoms in total. The first-order valence-corrected chi connectivity index (χ1v) is 9.33. The number of methoxy groups -OCH3 is 1. The van der Waals surface area contributed by atoms with E-state index in [1.54, 1.807) is 26.2 Å². The van der Waals surface area contributed by atoms with Crippen molar-refractivity contribution in [1.82, 2.24) is 0 Å². The molecule has 2 aromatic carbocycles. The number of carbonyl (C=O) groups is 2. The van der Waals surface area contributed by atoms with E-state index in [-0.39, 0.29) is 11.5 Å². The van der Waals surface area contributed by atoms with Crippen LogP contribution >= 0.6 is 0 Å². The minimum atomic E-state index is -1.05. The van der Waals surface area contributed by atoms with Crippen LogP contribution in [-0.4, -0.2) is 50.3 Å². The molecule has 1 fully saturated rings. The lowest BCUT2D eigenvalue weighted by Gasteiger charge is -2.37. The number of carbonyl (C=O) groups excluding carboxylic acids is 1. The molecule has 2 aromatic rings. The van der Waals surface area contributed by atoms with Crippen LogP contribution < -0.4 is 19.9 Å². The van der Waals surface area contributed by atoms with Gasteiger partial charge in [-0.05, 0) is 42.5 Å². The normalized spacial score (nSPS) is 13.9. The molecule has 0 radical (unpaired) electrons. The summed E-state index contributed by atoms with van der Waals surface area (Å²) in [6.07, 6.45) is 0.300. The Balaban J connectivity index is 1.70. The minimum absolute atomic E-state index is 0.108. The van der Waals surface area contributed by atoms with Gasteiger partial charge >= 0.3 is 5.97 Å². The van der Waals surface area contributed by atoms with E-state index in [1.165, 1.54) is 0 Å². The lowest BCUT2D eigenvalue weighted by molar-refractivity contribution is -0.115. The maximum atomic E-state index is 11.6. The van der Waals surface area contributed by atoms with Gasteiger partial charge in [-0.15, -0.1) is 0 Å². The molecule has 7 heteroatoms. The maximum absolute atomic E-state index is 11.6. The average Bonchev–Trinajstić information content (AvgIpc) is 2.74. The number of hydrogen-bond donors (Lipinski definition) is 2. The fraction of sp³-hybridized carbons (Fsp3) is 0.333. The Bertz CT molecular complexity index is 843. The van der Waals surface area contributed by atoms with Gasteiger partial charge in [0.05, 0.1) is 18.4 Å². The van der Waals surface area contributed by atoms with Crippen molar-refractivity contribution in [3.63, 3.8) is 0 Å². The summed E-state index contributed by atoms with van der Waals surface area (Å²) >= 11 is 0. The van der Waals surface area contributed by atoms with Gasteiger partial charge < -0.3 is 25.0 Å². The van der Waals surface area contributed by atoms with Crippen molar-refractivity contribution in [1.29, 1.82) is 0 Å². The zero-order valence-electron chi connectivity index (χ0n) is 16.1. The zero-order valence-corrected chi connectivity index (χ0v) is 16.1. The number of amides is 1. The van der Waals surface area contributed by atoms with Crippen LogP contribution in [0, 0.1) is 0 Å². The number of rotatable bonds is 6. The summed E-state index contributed by atoms with van der Waals surface area (Å²) in [7, 11) is 1.65. The van der Waals surface area contributed by atoms with E-state index in [0.29, 0.717) is 12.1 Å². The van der Waals surface area contributed by atoms with Gasteiger partial charge in [-0.2, -0.15) is 0 Å². The number of nitrogens with one attached hydrogen (secondary N) is 1. The van der Waals surface area contributed by atoms with E-state index in [1.807, 2.05) is 30.3 Å². The van der Waals surface area contributed by atoms with Crippen LogP contribution in [0.5, 0.6) is 5.75 Å². The number of piperazine rings is 1. The minimum Gasteiger partial charge on any atom is -0.497 e. The van der Waals surface area contributed by atoms with Gasteiger partial charge in [0.15, 0.2) is 0 Å². The molecule has 0 spiro atoms. The number of carboxylic acid groups (broad SMARTS) is 1. The molecule has 0 atom stereocenters. The topological polar surface area (TPSA) is 82.1 Å². The van der Waals surface area contributed by atoms with Gasteiger partial charge in [-0.25, -0.2) is 4.79 Å². The third-order valence-electron chi connectivity index (χ3n) is 4.91. The molecule has 3 rings (SSSR count). The molecule has 0 unspecified atom stereocenters. The molecule has 148 valence electrons. The summed E-state index contributed by atoms with van der Waals surface area (Å²) < 4.78 is 5.20. The summed E-state index contributed by atoms with van der Waals surface area (Å²) in [4.78, 5) is 27.7. The molecule has 2 N–H and O–H groups in total. The van der Waals surface area contributed by atoms with Crippen LogP contribution in [0.25, 0.3) is 0 Å². The van der Waals surface area contributed by atoms with Crippen LogP contribution in [-0.2, 0) is 4.79 Å². The van der Waals surface area contributed by atoms with Crippen LogP contribution in [0.1, 0.15) is 23.7 Å². The quantitative estimate of drug-likeness (QED) is 0.798. The zero-order chi connectivity index (χ0) is 20.1. The third-order valence-corrected chi connectivity index (χ3v) is 4.91. The highest BCUT2D eigenvalue weighted by Gasteiger charge is 2.20. The standard InChI is InChI=1S/C21H25N3O4/c1-3-20(25)22-19-9-6-16(14-18(19)21(26)27)24-12-10-23(11-13-24)15-4-7-17(28-2)8-5-15/h4-9,14H,3,10-13H2,1-2H3,(H,22,25)(H,26,27). The van der Waals surface area contributed by atoms with Crippen molar-refractivity contribution < 1.29 is 19.4 Å². The Kier molecular flexibility index (Phi) is 6.03. The summed E-state index contributed by atoms with van der Waals surface area (Å²) in [5.41, 5.74) is 2.43. The number of nitrogens with zero attached hydrogens (tertiary/aromatic N) is 2. The maximum Gasteiger partial charge on any atom is 0.337 e. The van der Waals surface area contributed by atoms with Crippen molar-refractivity contribution in [2.45, 2.75) is 13.3 Å². The first-order chi connectivity index (χ1) is 13.5. The summed E-state index contributed by atoms with van der Waals surface area (Å²) in [6.45, 7) is 4.97. The monoisotopic (exact) mass is 383 g/mol. The molecule has 1 heterocycles. The van der Waals surface area contributed by atoms with Crippen LogP contribution in [0.4, 0.5) is 17.1 Å². The van der Waals surface area contributed by atoms with E-state index in [2.05, 4.69) is 15.1 Å².